The van der Waals surface area contributed by atoms with Gasteiger partial charge in [-0.1, -0.05) is 6.08 Å². The summed E-state index contributed by atoms with van der Waals surface area (Å²) in [5.41, 5.74) is 2.51. The highest BCUT2D eigenvalue weighted by Crippen LogP contribution is 1.78. The van der Waals surface area contributed by atoms with Crippen LogP contribution >= 0.6 is 0 Å². The van der Waals surface area contributed by atoms with E-state index in [1.807, 2.05) is 13.0 Å². The van der Waals surface area contributed by atoms with Crippen LogP contribution in [-0.4, -0.2) is 12.9 Å². The molecule has 0 aromatic carbocycles. The Bertz CT molecular complexity index is 118. The lowest BCUT2D eigenvalue weighted by molar-refractivity contribution is 0.207. The molecule has 0 saturated heterocycles. The molecule has 0 unspecified atom stereocenters. The maximum absolute atomic E-state index is 4.79. The third-order valence-electron chi connectivity index (χ3n) is 0.655. The normalized spacial score (nSPS) is 12.6. The van der Waals surface area contributed by atoms with E-state index in [4.69, 9.17) is 4.84 Å². The van der Waals surface area contributed by atoms with Gasteiger partial charge in [-0.3, -0.25) is 0 Å². The summed E-state index contributed by atoms with van der Waals surface area (Å²) in [6, 6.07) is 0. The van der Waals surface area contributed by atoms with E-state index in [-0.39, 0.29) is 0 Å². The lowest BCUT2D eigenvalue weighted by Crippen LogP contribution is -2.11. The quantitative estimate of drug-likeness (QED) is 0.343. The van der Waals surface area contributed by atoms with Crippen molar-refractivity contribution < 1.29 is 4.84 Å². The van der Waals surface area contributed by atoms with Crippen LogP contribution in [-0.2, 0) is 4.84 Å². The first-order valence-corrected chi connectivity index (χ1v) is 2.80. The van der Waals surface area contributed by atoms with E-state index in [9.17, 15) is 0 Å². The van der Waals surface area contributed by atoms with Crippen LogP contribution in [0.1, 0.15) is 13.8 Å². The SMILES string of the molecule is C/C=C/N=C(C)ONC. The molecule has 9 heavy (non-hydrogen) atoms. The first-order chi connectivity index (χ1) is 4.31. The molecular weight excluding hydrogens is 116 g/mol. The van der Waals surface area contributed by atoms with Crippen molar-refractivity contribution in [2.24, 2.45) is 4.99 Å². The standard InChI is InChI=1S/C6H12N2O/c1-4-5-8-6(2)9-7-3/h4-5,7H,1-3H3/b5-4+,8-6?. The number of rotatable bonds is 2. The molecule has 0 fully saturated rings. The summed E-state index contributed by atoms with van der Waals surface area (Å²) in [6.07, 6.45) is 3.51. The van der Waals surface area contributed by atoms with Gasteiger partial charge >= 0.3 is 0 Å². The molecule has 0 heterocycles. The molecule has 52 valence electrons. The molecule has 0 radical (unpaired) electrons. The van der Waals surface area contributed by atoms with E-state index in [1.54, 1.807) is 20.2 Å². The van der Waals surface area contributed by atoms with Crippen molar-refractivity contribution in [1.29, 1.82) is 0 Å². The summed E-state index contributed by atoms with van der Waals surface area (Å²) in [6.45, 7) is 3.67. The van der Waals surface area contributed by atoms with Gasteiger partial charge < -0.3 is 4.84 Å². The lowest BCUT2D eigenvalue weighted by atomic mass is 10.7. The van der Waals surface area contributed by atoms with E-state index < -0.39 is 0 Å². The maximum Gasteiger partial charge on any atom is 0.210 e. The fraction of sp³-hybridized carbons (Fsp3) is 0.500. The molecule has 0 aromatic heterocycles. The number of hydrogen-bond donors (Lipinski definition) is 1. The summed E-state index contributed by atoms with van der Waals surface area (Å²) in [7, 11) is 1.69. The van der Waals surface area contributed by atoms with Crippen LogP contribution in [0.3, 0.4) is 0 Å². The molecule has 0 aliphatic heterocycles. The van der Waals surface area contributed by atoms with Gasteiger partial charge in [-0.05, 0) is 6.92 Å². The smallest absolute Gasteiger partial charge is 0.210 e. The van der Waals surface area contributed by atoms with Gasteiger partial charge in [0.05, 0.1) is 0 Å². The van der Waals surface area contributed by atoms with Crippen molar-refractivity contribution in [3.8, 4) is 0 Å². The fourth-order valence-corrected chi connectivity index (χ4v) is 0.354. The highest BCUT2D eigenvalue weighted by molar-refractivity contribution is 5.73. The predicted octanol–water partition coefficient (Wildman–Crippen LogP) is 1.09. The minimum Gasteiger partial charge on any atom is -0.394 e. The Morgan fingerprint density at radius 1 is 1.67 bits per heavy atom. The van der Waals surface area contributed by atoms with Crippen LogP contribution in [0.4, 0.5) is 0 Å². The summed E-state index contributed by atoms with van der Waals surface area (Å²) >= 11 is 0. The highest BCUT2D eigenvalue weighted by atomic mass is 16.6. The molecular formula is C6H12N2O. The van der Waals surface area contributed by atoms with Crippen molar-refractivity contribution >= 4 is 5.90 Å². The van der Waals surface area contributed by atoms with E-state index in [0.29, 0.717) is 5.90 Å². The fourth-order valence-electron chi connectivity index (χ4n) is 0.354. The van der Waals surface area contributed by atoms with Crippen molar-refractivity contribution in [3.63, 3.8) is 0 Å². The Labute approximate surface area is 55.4 Å². The number of aliphatic imine (C=N–C) groups is 1. The van der Waals surface area contributed by atoms with E-state index in [0.717, 1.165) is 0 Å². The third-order valence-corrected chi connectivity index (χ3v) is 0.655. The van der Waals surface area contributed by atoms with Gasteiger partial charge in [0, 0.05) is 20.2 Å². The second-order valence-electron chi connectivity index (χ2n) is 1.44. The molecule has 0 atom stereocenters. The van der Waals surface area contributed by atoms with Crippen LogP contribution in [0.5, 0.6) is 0 Å². The molecule has 0 bridgehead atoms. The average Bonchev–Trinajstić information content (AvgIpc) is 1.85. The lowest BCUT2D eigenvalue weighted by Gasteiger charge is -1.97. The molecule has 0 aromatic rings. The number of nitrogens with zero attached hydrogens (tertiary/aromatic N) is 1. The van der Waals surface area contributed by atoms with Crippen LogP contribution in [0, 0.1) is 0 Å². The van der Waals surface area contributed by atoms with Gasteiger partial charge in [-0.25, -0.2) is 4.99 Å². The predicted molar refractivity (Wildman–Crippen MR) is 38.1 cm³/mol. The number of allylic oxidation sites excluding steroid dienone is 1. The van der Waals surface area contributed by atoms with Gasteiger partial charge in [0.2, 0.25) is 5.90 Å². The van der Waals surface area contributed by atoms with Gasteiger partial charge in [-0.15, -0.1) is 0 Å². The minimum absolute atomic E-state index is 0.607. The molecule has 3 nitrogen and oxygen atoms in total. The topological polar surface area (TPSA) is 33.6 Å². The minimum atomic E-state index is 0.607. The maximum atomic E-state index is 4.79. The molecule has 0 rings (SSSR count). The first kappa shape index (κ1) is 8.17. The molecule has 0 aliphatic rings. The molecule has 3 heteroatoms. The first-order valence-electron chi connectivity index (χ1n) is 2.80. The van der Waals surface area contributed by atoms with E-state index in [1.165, 1.54) is 0 Å². The molecule has 0 aliphatic carbocycles. The third kappa shape index (κ3) is 5.03. The highest BCUT2D eigenvalue weighted by Gasteiger charge is 1.82. The Morgan fingerprint density at radius 3 is 2.78 bits per heavy atom. The summed E-state index contributed by atoms with van der Waals surface area (Å²) in [5, 5.41) is 0. The second kappa shape index (κ2) is 5.31. The van der Waals surface area contributed by atoms with E-state index in [2.05, 4.69) is 10.5 Å². The summed E-state index contributed by atoms with van der Waals surface area (Å²) in [4.78, 5) is 8.68. The van der Waals surface area contributed by atoms with Gasteiger partial charge in [-0.2, -0.15) is 5.48 Å². The Balaban J connectivity index is 3.55. The zero-order valence-electron chi connectivity index (χ0n) is 6.01. The molecule has 1 N–H and O–H groups in total. The molecule has 0 amide bonds. The van der Waals surface area contributed by atoms with Crippen LogP contribution in [0.25, 0.3) is 0 Å². The van der Waals surface area contributed by atoms with Crippen molar-refractivity contribution in [1.82, 2.24) is 5.48 Å². The van der Waals surface area contributed by atoms with Crippen LogP contribution in [0.15, 0.2) is 17.3 Å². The summed E-state index contributed by atoms with van der Waals surface area (Å²) < 4.78 is 0. The molecule has 0 spiro atoms. The number of hydrogen-bond acceptors (Lipinski definition) is 3. The Morgan fingerprint density at radius 2 is 2.33 bits per heavy atom. The second-order valence-corrected chi connectivity index (χ2v) is 1.44. The van der Waals surface area contributed by atoms with Gasteiger partial charge in [0.1, 0.15) is 0 Å². The van der Waals surface area contributed by atoms with E-state index >= 15 is 0 Å². The largest absolute Gasteiger partial charge is 0.394 e. The van der Waals surface area contributed by atoms with Gasteiger partial charge in [0.15, 0.2) is 0 Å². The van der Waals surface area contributed by atoms with Crippen LogP contribution in [0.2, 0.25) is 0 Å². The molecule has 0 saturated carbocycles. The Hall–Kier alpha value is -0.830. The van der Waals surface area contributed by atoms with Crippen molar-refractivity contribution in [3.05, 3.63) is 12.3 Å². The van der Waals surface area contributed by atoms with Crippen LogP contribution < -0.4 is 5.48 Å². The van der Waals surface area contributed by atoms with Crippen molar-refractivity contribution in [2.75, 3.05) is 7.05 Å². The Kier molecular flexibility index (Phi) is 4.82. The number of hydroxylamine groups is 1. The van der Waals surface area contributed by atoms with Crippen molar-refractivity contribution in [2.45, 2.75) is 13.8 Å². The summed E-state index contributed by atoms with van der Waals surface area (Å²) in [5.74, 6) is 0.607. The average molecular weight is 128 g/mol. The van der Waals surface area contributed by atoms with Gasteiger partial charge in [0.25, 0.3) is 0 Å². The monoisotopic (exact) mass is 128 g/mol. The number of nitrogens with one attached hydrogen (secondary N) is 1. The zero-order chi connectivity index (χ0) is 7.11. The zero-order valence-corrected chi connectivity index (χ0v) is 6.01.